The lowest BCUT2D eigenvalue weighted by Gasteiger charge is -2.25. The molecule has 1 aliphatic rings. The van der Waals surface area contributed by atoms with E-state index in [2.05, 4.69) is 5.32 Å². The average molecular weight is 205 g/mol. The Bertz CT molecular complexity index is 383. The lowest BCUT2D eigenvalue weighted by Crippen LogP contribution is -2.48. The largest absolute Gasteiger partial charge is 0.426 e. The van der Waals surface area contributed by atoms with Crippen molar-refractivity contribution in [1.29, 1.82) is 0 Å². The second-order valence-electron chi connectivity index (χ2n) is 3.97. The highest BCUT2D eigenvalue weighted by molar-refractivity contribution is 5.77. The number of esters is 1. The summed E-state index contributed by atoms with van der Waals surface area (Å²) in [5, 5.41) is 3.05. The van der Waals surface area contributed by atoms with E-state index in [-0.39, 0.29) is 11.9 Å². The molecule has 3 nitrogen and oxygen atoms in total. The van der Waals surface area contributed by atoms with Gasteiger partial charge in [-0.25, -0.2) is 0 Å². The summed E-state index contributed by atoms with van der Waals surface area (Å²) in [4.78, 5) is 11.6. The molecule has 1 aromatic rings. The maximum absolute atomic E-state index is 11.6. The highest BCUT2D eigenvalue weighted by atomic mass is 16.5. The summed E-state index contributed by atoms with van der Waals surface area (Å²) in [6, 6.07) is 5.76. The molecule has 0 amide bonds. The summed E-state index contributed by atoms with van der Waals surface area (Å²) < 4.78 is 5.35. The van der Waals surface area contributed by atoms with Gasteiger partial charge in [-0.2, -0.15) is 0 Å². The molecule has 2 rings (SSSR count). The number of benzene rings is 1. The number of hydrogen-bond acceptors (Lipinski definition) is 3. The zero-order chi connectivity index (χ0) is 10.8. The van der Waals surface area contributed by atoms with Crippen LogP contribution < -0.4 is 10.1 Å². The van der Waals surface area contributed by atoms with Gasteiger partial charge in [-0.05, 0) is 31.0 Å². The van der Waals surface area contributed by atoms with Crippen molar-refractivity contribution in [1.82, 2.24) is 5.32 Å². The Hall–Kier alpha value is -1.35. The molecule has 0 radical (unpaired) electrons. The van der Waals surface area contributed by atoms with Gasteiger partial charge in [0.2, 0.25) is 0 Å². The fraction of sp³-hybridized carbons (Fsp3) is 0.417. The second kappa shape index (κ2) is 4.03. The molecule has 0 atom stereocenters. The van der Waals surface area contributed by atoms with E-state index >= 15 is 0 Å². The summed E-state index contributed by atoms with van der Waals surface area (Å²) in [6.45, 7) is 5.46. The fourth-order valence-electron chi connectivity index (χ4n) is 1.48. The van der Waals surface area contributed by atoms with Crippen molar-refractivity contribution in [2.45, 2.75) is 13.8 Å². The standard InChI is InChI=1S/C12H15NO2/c1-8-4-3-5-11(9(8)2)15-12(14)10-6-13-7-10/h3-5,10,13H,6-7H2,1-2H3. The molecule has 80 valence electrons. The summed E-state index contributed by atoms with van der Waals surface area (Å²) in [7, 11) is 0. The highest BCUT2D eigenvalue weighted by Gasteiger charge is 2.27. The normalized spacial score (nSPS) is 15.9. The fourth-order valence-corrected chi connectivity index (χ4v) is 1.48. The van der Waals surface area contributed by atoms with Crippen LogP contribution in [0.3, 0.4) is 0 Å². The Labute approximate surface area is 89.4 Å². The number of nitrogens with one attached hydrogen (secondary N) is 1. The minimum absolute atomic E-state index is 0.0323. The first-order valence-electron chi connectivity index (χ1n) is 5.17. The smallest absolute Gasteiger partial charge is 0.316 e. The Morgan fingerprint density at radius 3 is 2.73 bits per heavy atom. The van der Waals surface area contributed by atoms with Crippen LogP contribution in [0.15, 0.2) is 18.2 Å². The summed E-state index contributed by atoms with van der Waals surface area (Å²) in [5.74, 6) is 0.597. The van der Waals surface area contributed by atoms with Gasteiger partial charge in [-0.15, -0.1) is 0 Å². The zero-order valence-corrected chi connectivity index (χ0v) is 9.04. The third kappa shape index (κ3) is 2.02. The zero-order valence-electron chi connectivity index (χ0n) is 9.04. The molecule has 0 bridgehead atoms. The third-order valence-corrected chi connectivity index (χ3v) is 2.88. The van der Waals surface area contributed by atoms with E-state index < -0.39 is 0 Å². The first kappa shape index (κ1) is 10.2. The van der Waals surface area contributed by atoms with E-state index in [1.165, 1.54) is 0 Å². The van der Waals surface area contributed by atoms with Crippen molar-refractivity contribution in [3.05, 3.63) is 29.3 Å². The summed E-state index contributed by atoms with van der Waals surface area (Å²) in [5.41, 5.74) is 2.19. The Morgan fingerprint density at radius 1 is 1.40 bits per heavy atom. The van der Waals surface area contributed by atoms with Gasteiger partial charge >= 0.3 is 5.97 Å². The Morgan fingerprint density at radius 2 is 2.13 bits per heavy atom. The van der Waals surface area contributed by atoms with Crippen LogP contribution in [0, 0.1) is 19.8 Å². The minimum Gasteiger partial charge on any atom is -0.426 e. The Kier molecular flexibility index (Phi) is 2.73. The van der Waals surface area contributed by atoms with Crippen LogP contribution in [0.25, 0.3) is 0 Å². The van der Waals surface area contributed by atoms with Crippen LogP contribution in [0.1, 0.15) is 11.1 Å². The first-order valence-corrected chi connectivity index (χ1v) is 5.17. The summed E-state index contributed by atoms with van der Waals surface area (Å²) in [6.07, 6.45) is 0. The van der Waals surface area contributed by atoms with Crippen LogP contribution >= 0.6 is 0 Å². The molecular weight excluding hydrogens is 190 g/mol. The molecule has 0 unspecified atom stereocenters. The monoisotopic (exact) mass is 205 g/mol. The van der Waals surface area contributed by atoms with Crippen LogP contribution in [-0.4, -0.2) is 19.1 Å². The molecule has 1 saturated heterocycles. The van der Waals surface area contributed by atoms with Gasteiger partial charge in [0.15, 0.2) is 0 Å². The SMILES string of the molecule is Cc1cccc(OC(=O)C2CNC2)c1C. The minimum atomic E-state index is -0.123. The third-order valence-electron chi connectivity index (χ3n) is 2.88. The topological polar surface area (TPSA) is 38.3 Å². The number of ether oxygens (including phenoxy) is 1. The van der Waals surface area contributed by atoms with E-state index in [9.17, 15) is 4.79 Å². The number of carbonyl (C=O) groups excluding carboxylic acids is 1. The van der Waals surface area contributed by atoms with E-state index in [4.69, 9.17) is 4.74 Å². The molecule has 0 aromatic heterocycles. The van der Waals surface area contributed by atoms with E-state index in [1.54, 1.807) is 0 Å². The number of hydrogen-bond donors (Lipinski definition) is 1. The van der Waals surface area contributed by atoms with Gasteiger partial charge in [-0.3, -0.25) is 4.79 Å². The molecule has 0 aliphatic carbocycles. The van der Waals surface area contributed by atoms with Gasteiger partial charge in [-0.1, -0.05) is 12.1 Å². The molecular formula is C12H15NO2. The predicted octanol–water partition coefficient (Wildman–Crippen LogP) is 1.43. The van der Waals surface area contributed by atoms with Crippen molar-refractivity contribution in [2.24, 2.45) is 5.92 Å². The average Bonchev–Trinajstić information content (AvgIpc) is 2.10. The number of carbonyl (C=O) groups is 1. The van der Waals surface area contributed by atoms with Gasteiger partial charge < -0.3 is 10.1 Å². The quantitative estimate of drug-likeness (QED) is 0.586. The molecule has 0 spiro atoms. The van der Waals surface area contributed by atoms with Crippen molar-refractivity contribution in [3.8, 4) is 5.75 Å². The first-order chi connectivity index (χ1) is 7.18. The van der Waals surface area contributed by atoms with Crippen LogP contribution in [0.2, 0.25) is 0 Å². The molecule has 0 saturated carbocycles. The number of aryl methyl sites for hydroxylation is 1. The number of rotatable bonds is 2. The maximum atomic E-state index is 11.6. The molecule has 1 aliphatic heterocycles. The molecule has 1 fully saturated rings. The summed E-state index contributed by atoms with van der Waals surface area (Å²) >= 11 is 0. The highest BCUT2D eigenvalue weighted by Crippen LogP contribution is 2.22. The lowest BCUT2D eigenvalue weighted by molar-refractivity contribution is -0.140. The van der Waals surface area contributed by atoms with Crippen LogP contribution in [0.5, 0.6) is 5.75 Å². The second-order valence-corrected chi connectivity index (χ2v) is 3.97. The molecule has 1 aromatic carbocycles. The van der Waals surface area contributed by atoms with Crippen LogP contribution in [-0.2, 0) is 4.79 Å². The predicted molar refractivity (Wildman–Crippen MR) is 57.9 cm³/mol. The van der Waals surface area contributed by atoms with E-state index in [0.717, 1.165) is 24.2 Å². The molecule has 1 N–H and O–H groups in total. The van der Waals surface area contributed by atoms with Gasteiger partial charge in [0.25, 0.3) is 0 Å². The van der Waals surface area contributed by atoms with Crippen molar-refractivity contribution in [3.63, 3.8) is 0 Å². The Balaban J connectivity index is 2.09. The van der Waals surface area contributed by atoms with E-state index in [1.807, 2.05) is 32.0 Å². The van der Waals surface area contributed by atoms with E-state index in [0.29, 0.717) is 5.75 Å². The van der Waals surface area contributed by atoms with Crippen molar-refractivity contribution >= 4 is 5.97 Å². The molecule has 3 heteroatoms. The molecule has 15 heavy (non-hydrogen) atoms. The van der Waals surface area contributed by atoms with Gasteiger partial charge in [0.1, 0.15) is 5.75 Å². The molecule has 1 heterocycles. The van der Waals surface area contributed by atoms with Crippen molar-refractivity contribution < 1.29 is 9.53 Å². The van der Waals surface area contributed by atoms with Crippen LogP contribution in [0.4, 0.5) is 0 Å². The van der Waals surface area contributed by atoms with Gasteiger partial charge in [0.05, 0.1) is 5.92 Å². The maximum Gasteiger partial charge on any atom is 0.316 e. The lowest BCUT2D eigenvalue weighted by atomic mass is 10.0. The van der Waals surface area contributed by atoms with Crippen molar-refractivity contribution in [2.75, 3.05) is 13.1 Å². The van der Waals surface area contributed by atoms with Gasteiger partial charge in [0, 0.05) is 13.1 Å².